The fourth-order valence-corrected chi connectivity index (χ4v) is 1.09. The van der Waals surface area contributed by atoms with Gasteiger partial charge in [-0.05, 0) is 30.7 Å². The zero-order chi connectivity index (χ0) is 10.2. The highest BCUT2D eigenvalue weighted by atomic mass is 16.5. The van der Waals surface area contributed by atoms with Gasteiger partial charge in [-0.1, -0.05) is 6.92 Å². The van der Waals surface area contributed by atoms with Crippen LogP contribution in [-0.4, -0.2) is 24.9 Å². The van der Waals surface area contributed by atoms with Gasteiger partial charge in [-0.3, -0.25) is 0 Å². The molecule has 3 nitrogen and oxygen atoms in total. The molecule has 0 spiro atoms. The van der Waals surface area contributed by atoms with Gasteiger partial charge in [0.25, 0.3) is 0 Å². The van der Waals surface area contributed by atoms with Crippen LogP contribution in [0, 0.1) is 0 Å². The van der Waals surface area contributed by atoms with Gasteiger partial charge >= 0.3 is 0 Å². The average molecular weight is 195 g/mol. The molecule has 0 atom stereocenters. The van der Waals surface area contributed by atoms with E-state index in [2.05, 4.69) is 12.2 Å². The van der Waals surface area contributed by atoms with E-state index >= 15 is 0 Å². The fourth-order valence-electron chi connectivity index (χ4n) is 1.09. The molecule has 1 rings (SSSR count). The van der Waals surface area contributed by atoms with Crippen LogP contribution in [0.2, 0.25) is 0 Å². The van der Waals surface area contributed by atoms with Crippen molar-refractivity contribution in [1.29, 1.82) is 0 Å². The molecule has 0 aromatic heterocycles. The molecule has 0 radical (unpaired) electrons. The number of hydrogen-bond acceptors (Lipinski definition) is 3. The summed E-state index contributed by atoms with van der Waals surface area (Å²) in [6.07, 6.45) is 1.02. The molecule has 0 aliphatic carbocycles. The van der Waals surface area contributed by atoms with E-state index in [0.29, 0.717) is 6.54 Å². The molecule has 0 saturated heterocycles. The molecule has 0 aliphatic rings. The molecule has 0 aliphatic heterocycles. The van der Waals surface area contributed by atoms with Gasteiger partial charge in [-0.2, -0.15) is 0 Å². The lowest BCUT2D eigenvalue weighted by atomic mass is 10.3. The van der Waals surface area contributed by atoms with Gasteiger partial charge in [-0.25, -0.2) is 0 Å². The Kier molecular flexibility index (Phi) is 4.86. The Morgan fingerprint density at radius 1 is 1.29 bits per heavy atom. The van der Waals surface area contributed by atoms with E-state index in [0.717, 1.165) is 24.5 Å². The normalized spacial score (nSPS) is 9.86. The largest absolute Gasteiger partial charge is 0.494 e. The van der Waals surface area contributed by atoms with Crippen molar-refractivity contribution in [2.75, 3.05) is 25.1 Å². The Morgan fingerprint density at radius 2 is 2.00 bits per heavy atom. The highest BCUT2D eigenvalue weighted by Gasteiger charge is 1.93. The number of aliphatic hydroxyl groups excluding tert-OH is 1. The van der Waals surface area contributed by atoms with E-state index in [4.69, 9.17) is 9.84 Å². The summed E-state index contributed by atoms with van der Waals surface area (Å²) in [5, 5.41) is 11.7. The van der Waals surface area contributed by atoms with E-state index in [1.807, 2.05) is 24.3 Å². The molecule has 0 heterocycles. The van der Waals surface area contributed by atoms with Crippen molar-refractivity contribution in [3.05, 3.63) is 24.3 Å². The van der Waals surface area contributed by atoms with Gasteiger partial charge < -0.3 is 15.2 Å². The minimum Gasteiger partial charge on any atom is -0.494 e. The van der Waals surface area contributed by atoms with Crippen LogP contribution in [0.15, 0.2) is 24.3 Å². The molecule has 14 heavy (non-hydrogen) atoms. The SMILES string of the molecule is CCCOc1ccc(NCCO)cc1. The summed E-state index contributed by atoms with van der Waals surface area (Å²) in [4.78, 5) is 0. The van der Waals surface area contributed by atoms with Crippen LogP contribution >= 0.6 is 0 Å². The first-order valence-corrected chi connectivity index (χ1v) is 4.94. The summed E-state index contributed by atoms with van der Waals surface area (Å²) in [6, 6.07) is 7.74. The molecule has 1 aromatic rings. The first kappa shape index (κ1) is 10.9. The van der Waals surface area contributed by atoms with E-state index < -0.39 is 0 Å². The highest BCUT2D eigenvalue weighted by Crippen LogP contribution is 2.15. The number of anilines is 1. The second kappa shape index (κ2) is 6.27. The predicted octanol–water partition coefficient (Wildman–Crippen LogP) is 1.88. The maximum absolute atomic E-state index is 8.61. The Morgan fingerprint density at radius 3 is 2.57 bits per heavy atom. The lowest BCUT2D eigenvalue weighted by Crippen LogP contribution is -2.05. The van der Waals surface area contributed by atoms with Crippen molar-refractivity contribution in [1.82, 2.24) is 0 Å². The van der Waals surface area contributed by atoms with Gasteiger partial charge in [0.1, 0.15) is 5.75 Å². The summed E-state index contributed by atoms with van der Waals surface area (Å²) in [6.45, 7) is 3.56. The van der Waals surface area contributed by atoms with Crippen LogP contribution in [0.4, 0.5) is 5.69 Å². The Bertz CT molecular complexity index is 219. The van der Waals surface area contributed by atoms with Gasteiger partial charge in [0, 0.05) is 12.2 Å². The van der Waals surface area contributed by atoms with Crippen LogP contribution in [-0.2, 0) is 0 Å². The second-order valence-electron chi connectivity index (χ2n) is 3.02. The average Bonchev–Trinajstić information content (AvgIpc) is 2.25. The summed E-state index contributed by atoms with van der Waals surface area (Å²) >= 11 is 0. The molecule has 0 amide bonds. The van der Waals surface area contributed by atoms with E-state index in [9.17, 15) is 0 Å². The summed E-state index contributed by atoms with van der Waals surface area (Å²) < 4.78 is 5.44. The lowest BCUT2D eigenvalue weighted by Gasteiger charge is -2.07. The van der Waals surface area contributed by atoms with Gasteiger partial charge in [0.15, 0.2) is 0 Å². The first-order chi connectivity index (χ1) is 6.86. The Balaban J connectivity index is 2.42. The van der Waals surface area contributed by atoms with Crippen molar-refractivity contribution in [2.24, 2.45) is 0 Å². The van der Waals surface area contributed by atoms with Crippen molar-refractivity contribution in [3.63, 3.8) is 0 Å². The number of benzene rings is 1. The molecular formula is C11H17NO2. The molecule has 0 fully saturated rings. The molecule has 3 heteroatoms. The van der Waals surface area contributed by atoms with Gasteiger partial charge in [-0.15, -0.1) is 0 Å². The monoisotopic (exact) mass is 195 g/mol. The third-order valence-corrected chi connectivity index (χ3v) is 1.77. The maximum atomic E-state index is 8.61. The van der Waals surface area contributed by atoms with Crippen molar-refractivity contribution in [2.45, 2.75) is 13.3 Å². The summed E-state index contributed by atoms with van der Waals surface area (Å²) in [5.74, 6) is 0.890. The minimum atomic E-state index is 0.147. The van der Waals surface area contributed by atoms with Gasteiger partial charge in [0.05, 0.1) is 13.2 Å². The van der Waals surface area contributed by atoms with Crippen LogP contribution in [0.5, 0.6) is 5.75 Å². The first-order valence-electron chi connectivity index (χ1n) is 4.94. The zero-order valence-electron chi connectivity index (χ0n) is 8.49. The Hall–Kier alpha value is -1.22. The van der Waals surface area contributed by atoms with Crippen LogP contribution in [0.3, 0.4) is 0 Å². The minimum absolute atomic E-state index is 0.147. The van der Waals surface area contributed by atoms with Crippen LogP contribution < -0.4 is 10.1 Å². The van der Waals surface area contributed by atoms with Gasteiger partial charge in [0.2, 0.25) is 0 Å². The number of ether oxygens (including phenoxy) is 1. The fraction of sp³-hybridized carbons (Fsp3) is 0.455. The molecule has 1 aromatic carbocycles. The van der Waals surface area contributed by atoms with Crippen molar-refractivity contribution < 1.29 is 9.84 Å². The smallest absolute Gasteiger partial charge is 0.119 e. The second-order valence-corrected chi connectivity index (χ2v) is 3.02. The number of nitrogens with one attached hydrogen (secondary N) is 1. The number of hydrogen-bond donors (Lipinski definition) is 2. The summed E-state index contributed by atoms with van der Waals surface area (Å²) in [7, 11) is 0. The molecule has 0 bridgehead atoms. The molecule has 0 unspecified atom stereocenters. The molecule has 0 saturated carbocycles. The number of rotatable bonds is 6. The Labute approximate surface area is 84.7 Å². The van der Waals surface area contributed by atoms with Crippen LogP contribution in [0.25, 0.3) is 0 Å². The standard InChI is InChI=1S/C11H17NO2/c1-2-9-14-11-5-3-10(4-6-11)12-7-8-13/h3-6,12-13H,2,7-9H2,1H3. The number of aliphatic hydroxyl groups is 1. The third-order valence-electron chi connectivity index (χ3n) is 1.77. The van der Waals surface area contributed by atoms with Crippen molar-refractivity contribution >= 4 is 5.69 Å². The predicted molar refractivity (Wildman–Crippen MR) is 57.8 cm³/mol. The topological polar surface area (TPSA) is 41.5 Å². The van der Waals surface area contributed by atoms with E-state index in [1.165, 1.54) is 0 Å². The van der Waals surface area contributed by atoms with Crippen LogP contribution in [0.1, 0.15) is 13.3 Å². The molecular weight excluding hydrogens is 178 g/mol. The van der Waals surface area contributed by atoms with E-state index in [1.54, 1.807) is 0 Å². The van der Waals surface area contributed by atoms with E-state index in [-0.39, 0.29) is 6.61 Å². The maximum Gasteiger partial charge on any atom is 0.119 e. The van der Waals surface area contributed by atoms with Crippen molar-refractivity contribution in [3.8, 4) is 5.75 Å². The highest BCUT2D eigenvalue weighted by molar-refractivity contribution is 5.46. The zero-order valence-corrected chi connectivity index (χ0v) is 8.49. The summed E-state index contributed by atoms with van der Waals surface area (Å²) in [5.41, 5.74) is 1.00. The molecule has 2 N–H and O–H groups in total. The third kappa shape index (κ3) is 3.66. The quantitative estimate of drug-likeness (QED) is 0.728. The lowest BCUT2D eigenvalue weighted by molar-refractivity contribution is 0.311. The molecule has 78 valence electrons.